The second-order valence-electron chi connectivity index (χ2n) is 4.95. The monoisotopic (exact) mass is 272 g/mol. The molecule has 1 fully saturated rings. The molecular formula is C15H16N2O3. The number of carboxylic acids is 1. The summed E-state index contributed by atoms with van der Waals surface area (Å²) in [5.74, 6) is -0.942. The highest BCUT2D eigenvalue weighted by Gasteiger charge is 2.21. The molecule has 104 valence electrons. The van der Waals surface area contributed by atoms with Gasteiger partial charge in [0.2, 0.25) is 0 Å². The summed E-state index contributed by atoms with van der Waals surface area (Å²) in [6.45, 7) is 4.64. The molecule has 5 nitrogen and oxygen atoms in total. The predicted octanol–water partition coefficient (Wildman–Crippen LogP) is 2.08. The Morgan fingerprint density at radius 3 is 2.80 bits per heavy atom. The van der Waals surface area contributed by atoms with Crippen molar-refractivity contribution in [3.63, 3.8) is 0 Å². The molecule has 0 bridgehead atoms. The van der Waals surface area contributed by atoms with E-state index in [1.54, 1.807) is 0 Å². The number of morpholine rings is 1. The van der Waals surface area contributed by atoms with Crippen molar-refractivity contribution in [2.45, 2.75) is 6.92 Å². The third-order valence-electron chi connectivity index (χ3n) is 3.55. The molecule has 1 aliphatic rings. The molecule has 0 aliphatic carbocycles. The Labute approximate surface area is 116 Å². The van der Waals surface area contributed by atoms with Crippen LogP contribution in [-0.2, 0) is 4.74 Å². The minimum atomic E-state index is -0.942. The van der Waals surface area contributed by atoms with Crippen LogP contribution in [0.2, 0.25) is 0 Å². The number of carboxylic acid groups (broad SMARTS) is 1. The normalized spacial score (nSPS) is 15.6. The molecule has 1 aromatic carbocycles. The zero-order chi connectivity index (χ0) is 14.1. The molecule has 0 saturated carbocycles. The Morgan fingerprint density at radius 2 is 2.10 bits per heavy atom. The second-order valence-corrected chi connectivity index (χ2v) is 4.95. The Bertz CT molecular complexity index is 663. The zero-order valence-corrected chi connectivity index (χ0v) is 11.3. The lowest BCUT2D eigenvalue weighted by Gasteiger charge is -2.30. The fourth-order valence-corrected chi connectivity index (χ4v) is 2.58. The smallest absolute Gasteiger partial charge is 0.339 e. The van der Waals surface area contributed by atoms with Gasteiger partial charge in [0, 0.05) is 24.7 Å². The number of aryl methyl sites for hydroxylation is 1. The Hall–Kier alpha value is -2.14. The highest BCUT2D eigenvalue weighted by Crippen LogP contribution is 2.31. The van der Waals surface area contributed by atoms with Crippen LogP contribution in [0.3, 0.4) is 0 Å². The molecule has 0 amide bonds. The molecule has 5 heteroatoms. The predicted molar refractivity (Wildman–Crippen MR) is 76.5 cm³/mol. The minimum Gasteiger partial charge on any atom is -0.478 e. The van der Waals surface area contributed by atoms with Gasteiger partial charge in [-0.05, 0) is 19.1 Å². The molecule has 1 aliphatic heterocycles. The van der Waals surface area contributed by atoms with E-state index in [2.05, 4.69) is 9.88 Å². The third-order valence-corrected chi connectivity index (χ3v) is 3.55. The van der Waals surface area contributed by atoms with E-state index in [-0.39, 0.29) is 5.56 Å². The van der Waals surface area contributed by atoms with E-state index in [0.717, 1.165) is 22.2 Å². The van der Waals surface area contributed by atoms with E-state index >= 15 is 0 Å². The van der Waals surface area contributed by atoms with E-state index in [0.29, 0.717) is 26.3 Å². The maximum absolute atomic E-state index is 11.5. The summed E-state index contributed by atoms with van der Waals surface area (Å²) >= 11 is 0. The van der Waals surface area contributed by atoms with Gasteiger partial charge in [-0.1, -0.05) is 11.6 Å². The molecule has 0 radical (unpaired) electrons. The van der Waals surface area contributed by atoms with E-state index in [1.165, 1.54) is 6.20 Å². The number of pyridine rings is 1. The van der Waals surface area contributed by atoms with Crippen molar-refractivity contribution >= 4 is 22.6 Å². The van der Waals surface area contributed by atoms with Crippen molar-refractivity contribution in [2.24, 2.45) is 0 Å². The van der Waals surface area contributed by atoms with Crippen molar-refractivity contribution in [1.29, 1.82) is 0 Å². The number of anilines is 1. The van der Waals surface area contributed by atoms with Gasteiger partial charge in [0.05, 0.1) is 24.4 Å². The topological polar surface area (TPSA) is 62.7 Å². The van der Waals surface area contributed by atoms with Crippen molar-refractivity contribution in [3.8, 4) is 0 Å². The van der Waals surface area contributed by atoms with E-state index in [9.17, 15) is 9.90 Å². The summed E-state index contributed by atoms with van der Waals surface area (Å²) in [4.78, 5) is 17.8. The van der Waals surface area contributed by atoms with Crippen LogP contribution in [-0.4, -0.2) is 42.4 Å². The highest BCUT2D eigenvalue weighted by molar-refractivity contribution is 6.04. The fraction of sp³-hybridized carbons (Fsp3) is 0.333. The van der Waals surface area contributed by atoms with Crippen molar-refractivity contribution in [1.82, 2.24) is 4.98 Å². The number of aromatic carboxylic acids is 1. The molecular weight excluding hydrogens is 256 g/mol. The number of carbonyl (C=O) groups is 1. The van der Waals surface area contributed by atoms with Crippen molar-refractivity contribution in [3.05, 3.63) is 35.5 Å². The number of rotatable bonds is 2. The van der Waals surface area contributed by atoms with Crippen LogP contribution in [0.1, 0.15) is 15.9 Å². The van der Waals surface area contributed by atoms with E-state index in [1.807, 2.05) is 25.1 Å². The van der Waals surface area contributed by atoms with E-state index in [4.69, 9.17) is 4.74 Å². The maximum Gasteiger partial charge on any atom is 0.339 e. The van der Waals surface area contributed by atoms with Gasteiger partial charge in [-0.3, -0.25) is 4.98 Å². The van der Waals surface area contributed by atoms with Gasteiger partial charge < -0.3 is 14.7 Å². The maximum atomic E-state index is 11.5. The molecule has 2 heterocycles. The molecule has 1 N–H and O–H groups in total. The lowest BCUT2D eigenvalue weighted by atomic mass is 10.1. The number of hydrogen-bond acceptors (Lipinski definition) is 4. The van der Waals surface area contributed by atoms with Crippen molar-refractivity contribution in [2.75, 3.05) is 31.2 Å². The largest absolute Gasteiger partial charge is 0.478 e. The van der Waals surface area contributed by atoms with Crippen LogP contribution in [0.4, 0.5) is 5.69 Å². The SMILES string of the molecule is Cc1ccc2ncc(C(=O)O)c(N3CCOCC3)c2c1. The average molecular weight is 272 g/mol. The van der Waals surface area contributed by atoms with Gasteiger partial charge in [-0.2, -0.15) is 0 Å². The molecule has 0 atom stereocenters. The lowest BCUT2D eigenvalue weighted by molar-refractivity contribution is 0.0696. The number of hydrogen-bond donors (Lipinski definition) is 1. The lowest BCUT2D eigenvalue weighted by Crippen LogP contribution is -2.37. The summed E-state index contributed by atoms with van der Waals surface area (Å²) in [7, 11) is 0. The van der Waals surface area contributed by atoms with Gasteiger partial charge in [-0.15, -0.1) is 0 Å². The summed E-state index contributed by atoms with van der Waals surface area (Å²) in [5, 5.41) is 10.3. The van der Waals surface area contributed by atoms with Gasteiger partial charge in [0.25, 0.3) is 0 Å². The first-order chi connectivity index (χ1) is 9.66. The number of benzene rings is 1. The molecule has 1 aromatic heterocycles. The Morgan fingerprint density at radius 1 is 1.35 bits per heavy atom. The van der Waals surface area contributed by atoms with Crippen LogP contribution >= 0.6 is 0 Å². The quantitative estimate of drug-likeness (QED) is 0.906. The van der Waals surface area contributed by atoms with Crippen molar-refractivity contribution < 1.29 is 14.6 Å². The molecule has 1 saturated heterocycles. The standard InChI is InChI=1S/C15H16N2O3/c1-10-2-3-13-11(8-10)14(12(9-16-13)15(18)19)17-4-6-20-7-5-17/h2-3,8-9H,4-7H2,1H3,(H,18,19). The molecule has 0 spiro atoms. The fourth-order valence-electron chi connectivity index (χ4n) is 2.58. The summed E-state index contributed by atoms with van der Waals surface area (Å²) in [6, 6.07) is 5.92. The first-order valence-electron chi connectivity index (χ1n) is 6.62. The minimum absolute atomic E-state index is 0.255. The second kappa shape index (κ2) is 5.09. The highest BCUT2D eigenvalue weighted by atomic mass is 16.5. The van der Waals surface area contributed by atoms with Gasteiger partial charge in [0.15, 0.2) is 0 Å². The molecule has 0 unspecified atom stereocenters. The number of nitrogens with zero attached hydrogens (tertiary/aromatic N) is 2. The molecule has 3 rings (SSSR count). The molecule has 20 heavy (non-hydrogen) atoms. The average Bonchev–Trinajstić information content (AvgIpc) is 2.46. The van der Waals surface area contributed by atoms with Crippen LogP contribution < -0.4 is 4.90 Å². The van der Waals surface area contributed by atoms with Gasteiger partial charge in [0.1, 0.15) is 5.56 Å². The summed E-state index contributed by atoms with van der Waals surface area (Å²) < 4.78 is 5.35. The Balaban J connectivity index is 2.25. The van der Waals surface area contributed by atoms with E-state index < -0.39 is 5.97 Å². The first kappa shape index (κ1) is 12.9. The molecule has 2 aromatic rings. The summed E-state index contributed by atoms with van der Waals surface area (Å²) in [5.41, 5.74) is 2.93. The van der Waals surface area contributed by atoms with Crippen LogP contribution in [0.15, 0.2) is 24.4 Å². The number of fused-ring (bicyclic) bond motifs is 1. The number of aromatic nitrogens is 1. The number of ether oxygens (including phenoxy) is 1. The first-order valence-corrected chi connectivity index (χ1v) is 6.62. The van der Waals surface area contributed by atoms with Crippen LogP contribution in [0, 0.1) is 6.92 Å². The van der Waals surface area contributed by atoms with Gasteiger partial charge in [-0.25, -0.2) is 4.79 Å². The summed E-state index contributed by atoms with van der Waals surface area (Å²) in [6.07, 6.45) is 1.45. The Kier molecular flexibility index (Phi) is 3.28. The van der Waals surface area contributed by atoms with Crippen LogP contribution in [0.25, 0.3) is 10.9 Å². The van der Waals surface area contributed by atoms with Crippen LogP contribution in [0.5, 0.6) is 0 Å². The zero-order valence-electron chi connectivity index (χ0n) is 11.3. The third kappa shape index (κ3) is 2.20. The van der Waals surface area contributed by atoms with Gasteiger partial charge >= 0.3 is 5.97 Å².